The van der Waals surface area contributed by atoms with Crippen LogP contribution < -0.4 is 5.73 Å². The third-order valence-corrected chi connectivity index (χ3v) is 3.29. The van der Waals surface area contributed by atoms with E-state index in [1.165, 1.54) is 0 Å². The predicted octanol–water partition coefficient (Wildman–Crippen LogP) is 3.91. The molecule has 0 aliphatic rings. The highest BCUT2D eigenvalue weighted by Gasteiger charge is 2.12. The Morgan fingerprint density at radius 3 is 2.67 bits per heavy atom. The van der Waals surface area contributed by atoms with Crippen molar-refractivity contribution in [1.29, 1.82) is 0 Å². The third kappa shape index (κ3) is 1.72. The number of nitrogens with zero attached hydrogens (tertiary/aromatic N) is 2. The summed E-state index contributed by atoms with van der Waals surface area (Å²) in [7, 11) is 0. The molecule has 1 aromatic heterocycles. The van der Waals surface area contributed by atoms with E-state index >= 15 is 0 Å². The second kappa shape index (κ2) is 4.19. The SMILES string of the molecule is Nc1nc2ccccc2n1-c1cc(Cl)ccc1Cl. The van der Waals surface area contributed by atoms with Gasteiger partial charge in [-0.05, 0) is 30.3 Å². The van der Waals surface area contributed by atoms with Gasteiger partial charge in [0, 0.05) is 5.02 Å². The Morgan fingerprint density at radius 2 is 1.83 bits per heavy atom. The Hall–Kier alpha value is -1.71. The van der Waals surface area contributed by atoms with Gasteiger partial charge >= 0.3 is 0 Å². The molecule has 3 nitrogen and oxygen atoms in total. The van der Waals surface area contributed by atoms with Gasteiger partial charge in [-0.3, -0.25) is 4.57 Å². The van der Waals surface area contributed by atoms with Crippen LogP contribution in [0.4, 0.5) is 5.95 Å². The molecule has 0 aliphatic carbocycles. The van der Waals surface area contributed by atoms with Crippen molar-refractivity contribution in [3.8, 4) is 5.69 Å². The molecule has 3 rings (SSSR count). The summed E-state index contributed by atoms with van der Waals surface area (Å²) in [6.45, 7) is 0. The van der Waals surface area contributed by atoms with E-state index in [-0.39, 0.29) is 0 Å². The van der Waals surface area contributed by atoms with Gasteiger partial charge in [-0.1, -0.05) is 35.3 Å². The van der Waals surface area contributed by atoms with Crippen LogP contribution in [0.2, 0.25) is 10.0 Å². The highest BCUT2D eigenvalue weighted by Crippen LogP contribution is 2.29. The largest absolute Gasteiger partial charge is 0.369 e. The molecule has 0 atom stereocenters. The van der Waals surface area contributed by atoms with E-state index < -0.39 is 0 Å². The van der Waals surface area contributed by atoms with Crippen LogP contribution in [0.15, 0.2) is 42.5 Å². The standard InChI is InChI=1S/C13H9Cl2N3/c14-8-5-6-9(15)12(7-8)18-11-4-2-1-3-10(11)17-13(18)16/h1-7H,(H2,16,17). The van der Waals surface area contributed by atoms with Crippen molar-refractivity contribution in [1.82, 2.24) is 9.55 Å². The number of nitrogens with two attached hydrogens (primary N) is 1. The van der Waals surface area contributed by atoms with Crippen LogP contribution in [0.1, 0.15) is 0 Å². The van der Waals surface area contributed by atoms with Crippen molar-refractivity contribution in [2.24, 2.45) is 0 Å². The first-order valence-electron chi connectivity index (χ1n) is 5.35. The first-order chi connectivity index (χ1) is 8.66. The first-order valence-corrected chi connectivity index (χ1v) is 6.11. The second-order valence-electron chi connectivity index (χ2n) is 3.89. The molecular formula is C13H9Cl2N3. The maximum atomic E-state index is 6.20. The number of aromatic nitrogens is 2. The molecule has 0 radical (unpaired) electrons. The van der Waals surface area contributed by atoms with Crippen LogP contribution in [-0.4, -0.2) is 9.55 Å². The van der Waals surface area contributed by atoms with E-state index in [9.17, 15) is 0 Å². The number of halogens is 2. The van der Waals surface area contributed by atoms with Gasteiger partial charge in [0.15, 0.2) is 0 Å². The van der Waals surface area contributed by atoms with E-state index in [0.29, 0.717) is 16.0 Å². The highest BCUT2D eigenvalue weighted by atomic mass is 35.5. The molecule has 18 heavy (non-hydrogen) atoms. The summed E-state index contributed by atoms with van der Waals surface area (Å²) >= 11 is 12.2. The number of anilines is 1. The summed E-state index contributed by atoms with van der Waals surface area (Å²) in [6.07, 6.45) is 0. The van der Waals surface area contributed by atoms with Gasteiger partial charge in [0.05, 0.1) is 21.7 Å². The number of hydrogen-bond acceptors (Lipinski definition) is 2. The first kappa shape index (κ1) is 11.4. The van der Waals surface area contributed by atoms with Crippen LogP contribution in [0.5, 0.6) is 0 Å². The molecule has 5 heteroatoms. The fourth-order valence-electron chi connectivity index (χ4n) is 1.95. The Labute approximate surface area is 114 Å². The maximum absolute atomic E-state index is 6.20. The number of nitrogen functional groups attached to an aromatic ring is 1. The van der Waals surface area contributed by atoms with E-state index in [1.54, 1.807) is 22.8 Å². The minimum absolute atomic E-state index is 0.389. The number of hydrogen-bond donors (Lipinski definition) is 1. The molecule has 0 unspecified atom stereocenters. The fourth-order valence-corrected chi connectivity index (χ4v) is 2.32. The molecule has 0 saturated carbocycles. The smallest absolute Gasteiger partial charge is 0.205 e. The summed E-state index contributed by atoms with van der Waals surface area (Å²) in [4.78, 5) is 4.30. The van der Waals surface area contributed by atoms with Crippen LogP contribution in [0.3, 0.4) is 0 Å². The number of fused-ring (bicyclic) bond motifs is 1. The third-order valence-electron chi connectivity index (χ3n) is 2.74. The van der Waals surface area contributed by atoms with E-state index in [2.05, 4.69) is 4.98 Å². The quantitative estimate of drug-likeness (QED) is 0.733. The van der Waals surface area contributed by atoms with Crippen LogP contribution in [-0.2, 0) is 0 Å². The lowest BCUT2D eigenvalue weighted by atomic mass is 10.3. The molecule has 0 aliphatic heterocycles. The van der Waals surface area contributed by atoms with E-state index in [1.807, 2.05) is 24.3 Å². The summed E-state index contributed by atoms with van der Waals surface area (Å²) in [5.41, 5.74) is 8.41. The van der Waals surface area contributed by atoms with Gasteiger partial charge < -0.3 is 5.73 Å². The molecule has 0 fully saturated rings. The summed E-state index contributed by atoms with van der Waals surface area (Å²) in [5.74, 6) is 0.389. The van der Waals surface area contributed by atoms with Crippen LogP contribution in [0.25, 0.3) is 16.7 Å². The van der Waals surface area contributed by atoms with Crippen molar-refractivity contribution in [3.63, 3.8) is 0 Å². The Kier molecular flexibility index (Phi) is 2.65. The zero-order valence-corrected chi connectivity index (χ0v) is 10.8. The van der Waals surface area contributed by atoms with Gasteiger partial charge in [0.2, 0.25) is 5.95 Å². The van der Waals surface area contributed by atoms with Gasteiger partial charge in [-0.2, -0.15) is 0 Å². The maximum Gasteiger partial charge on any atom is 0.205 e. The van der Waals surface area contributed by atoms with E-state index in [0.717, 1.165) is 16.7 Å². The molecule has 3 aromatic rings. The average Bonchev–Trinajstić information content (AvgIpc) is 2.68. The van der Waals surface area contributed by atoms with Crippen LogP contribution in [0, 0.1) is 0 Å². The van der Waals surface area contributed by atoms with Gasteiger partial charge in [0.1, 0.15) is 0 Å². The summed E-state index contributed by atoms with van der Waals surface area (Å²) in [6, 6.07) is 12.9. The zero-order valence-electron chi connectivity index (χ0n) is 9.27. The number of benzene rings is 2. The van der Waals surface area contributed by atoms with Crippen molar-refractivity contribution < 1.29 is 0 Å². The molecular weight excluding hydrogens is 269 g/mol. The van der Waals surface area contributed by atoms with Crippen molar-refractivity contribution in [3.05, 3.63) is 52.5 Å². The van der Waals surface area contributed by atoms with Gasteiger partial charge in [-0.15, -0.1) is 0 Å². The Morgan fingerprint density at radius 1 is 1.06 bits per heavy atom. The van der Waals surface area contributed by atoms with Gasteiger partial charge in [0.25, 0.3) is 0 Å². The van der Waals surface area contributed by atoms with Crippen molar-refractivity contribution in [2.75, 3.05) is 5.73 Å². The normalized spacial score (nSPS) is 11.0. The average molecular weight is 278 g/mol. The highest BCUT2D eigenvalue weighted by molar-refractivity contribution is 6.34. The van der Waals surface area contributed by atoms with E-state index in [4.69, 9.17) is 28.9 Å². The lowest BCUT2D eigenvalue weighted by Gasteiger charge is -2.09. The second-order valence-corrected chi connectivity index (χ2v) is 4.73. The molecule has 0 bridgehead atoms. The lowest BCUT2D eigenvalue weighted by molar-refractivity contribution is 1.11. The fraction of sp³-hybridized carbons (Fsp3) is 0. The minimum Gasteiger partial charge on any atom is -0.369 e. The molecule has 90 valence electrons. The summed E-state index contributed by atoms with van der Waals surface area (Å²) in [5, 5.41) is 1.18. The van der Waals surface area contributed by atoms with Crippen LogP contribution >= 0.6 is 23.2 Å². The number of rotatable bonds is 1. The molecule has 1 heterocycles. The monoisotopic (exact) mass is 277 g/mol. The Bertz CT molecular complexity index is 734. The van der Waals surface area contributed by atoms with Gasteiger partial charge in [-0.25, -0.2) is 4.98 Å². The number of para-hydroxylation sites is 2. The molecule has 0 saturated heterocycles. The molecule has 0 spiro atoms. The molecule has 0 amide bonds. The number of imidazole rings is 1. The zero-order chi connectivity index (χ0) is 12.7. The lowest BCUT2D eigenvalue weighted by Crippen LogP contribution is -2.01. The van der Waals surface area contributed by atoms with Crippen molar-refractivity contribution >= 4 is 40.2 Å². The van der Waals surface area contributed by atoms with Crippen molar-refractivity contribution in [2.45, 2.75) is 0 Å². The Balaban J connectivity index is 2.37. The predicted molar refractivity (Wildman–Crippen MR) is 75.5 cm³/mol. The molecule has 2 N–H and O–H groups in total. The minimum atomic E-state index is 0.389. The summed E-state index contributed by atoms with van der Waals surface area (Å²) < 4.78 is 1.80. The topological polar surface area (TPSA) is 43.8 Å². The molecule has 2 aromatic carbocycles.